The summed E-state index contributed by atoms with van der Waals surface area (Å²) in [7, 11) is 0. The summed E-state index contributed by atoms with van der Waals surface area (Å²) in [6.07, 6.45) is -5.96. The minimum atomic E-state index is -4.94. The van der Waals surface area contributed by atoms with Crippen molar-refractivity contribution in [2.75, 3.05) is 5.32 Å². The van der Waals surface area contributed by atoms with Crippen molar-refractivity contribution in [3.05, 3.63) is 23.5 Å². The number of phenolic OH excluding ortho intramolecular Hbond substituents is 1. The van der Waals surface area contributed by atoms with Crippen LogP contribution in [0.5, 0.6) is 5.75 Å². The zero-order valence-corrected chi connectivity index (χ0v) is 10.9. The number of nitrogens with one attached hydrogen (secondary N) is 1. The van der Waals surface area contributed by atoms with Crippen LogP contribution in [0, 0.1) is 5.82 Å². The molecule has 0 unspecified atom stereocenters. The molecular weight excluding hydrogens is 282 g/mol. The molecule has 0 saturated carbocycles. The van der Waals surface area contributed by atoms with Gasteiger partial charge in [0, 0.05) is 6.07 Å². The van der Waals surface area contributed by atoms with Crippen molar-refractivity contribution in [2.24, 2.45) is 0 Å². The van der Waals surface area contributed by atoms with E-state index in [1.165, 1.54) is 0 Å². The van der Waals surface area contributed by atoms with E-state index in [0.717, 1.165) is 0 Å². The van der Waals surface area contributed by atoms with Gasteiger partial charge in [0.05, 0.1) is 11.3 Å². The van der Waals surface area contributed by atoms with Crippen molar-refractivity contribution in [1.29, 1.82) is 0 Å². The summed E-state index contributed by atoms with van der Waals surface area (Å²) < 4.78 is 55.3. The number of halogens is 4. The Labute approximate surface area is 112 Å². The number of carbonyl (C=O) groups is 1. The molecule has 0 atom stereocenters. The van der Waals surface area contributed by atoms with Crippen LogP contribution in [0.1, 0.15) is 26.3 Å². The maximum Gasteiger partial charge on any atom is 0.419 e. The first-order valence-corrected chi connectivity index (χ1v) is 5.50. The van der Waals surface area contributed by atoms with Gasteiger partial charge in [-0.1, -0.05) is 0 Å². The maximum absolute atomic E-state index is 13.3. The van der Waals surface area contributed by atoms with Crippen molar-refractivity contribution in [3.63, 3.8) is 0 Å². The zero-order valence-electron chi connectivity index (χ0n) is 10.9. The minimum Gasteiger partial charge on any atom is -0.506 e. The van der Waals surface area contributed by atoms with Gasteiger partial charge >= 0.3 is 12.3 Å². The number of anilines is 1. The van der Waals surface area contributed by atoms with Crippen LogP contribution in [0.4, 0.5) is 28.0 Å². The van der Waals surface area contributed by atoms with Gasteiger partial charge in [0.2, 0.25) is 0 Å². The van der Waals surface area contributed by atoms with E-state index in [4.69, 9.17) is 4.74 Å². The lowest BCUT2D eigenvalue weighted by molar-refractivity contribution is -0.140. The number of ether oxygens (including phenoxy) is 1. The van der Waals surface area contributed by atoms with Crippen LogP contribution in [-0.4, -0.2) is 16.8 Å². The molecule has 1 amide bonds. The summed E-state index contributed by atoms with van der Waals surface area (Å²) in [6, 6.07) is 0.574. The zero-order chi connectivity index (χ0) is 15.7. The van der Waals surface area contributed by atoms with Crippen molar-refractivity contribution in [3.8, 4) is 5.75 Å². The summed E-state index contributed by atoms with van der Waals surface area (Å²) >= 11 is 0. The largest absolute Gasteiger partial charge is 0.506 e. The number of hydrogen-bond donors (Lipinski definition) is 2. The van der Waals surface area contributed by atoms with E-state index >= 15 is 0 Å². The predicted molar refractivity (Wildman–Crippen MR) is 62.9 cm³/mol. The number of phenols is 1. The van der Waals surface area contributed by atoms with E-state index in [1.807, 2.05) is 5.32 Å². The van der Waals surface area contributed by atoms with E-state index in [2.05, 4.69) is 0 Å². The van der Waals surface area contributed by atoms with Crippen LogP contribution < -0.4 is 5.32 Å². The number of benzene rings is 1. The molecule has 1 aromatic carbocycles. The lowest BCUT2D eigenvalue weighted by Gasteiger charge is -2.20. The molecule has 0 heterocycles. The highest BCUT2D eigenvalue weighted by molar-refractivity contribution is 5.87. The van der Waals surface area contributed by atoms with E-state index in [9.17, 15) is 27.5 Å². The summed E-state index contributed by atoms with van der Waals surface area (Å²) in [5.74, 6) is -2.52. The molecule has 8 heteroatoms. The average Bonchev–Trinajstić information content (AvgIpc) is 2.18. The van der Waals surface area contributed by atoms with Crippen molar-refractivity contribution >= 4 is 11.8 Å². The third-order valence-corrected chi connectivity index (χ3v) is 2.03. The Morgan fingerprint density at radius 3 is 2.25 bits per heavy atom. The van der Waals surface area contributed by atoms with Crippen molar-refractivity contribution < 1.29 is 32.2 Å². The van der Waals surface area contributed by atoms with E-state index < -0.39 is 40.7 Å². The third kappa shape index (κ3) is 4.29. The normalized spacial score (nSPS) is 12.2. The molecule has 112 valence electrons. The first-order chi connectivity index (χ1) is 8.90. The number of hydrogen-bond acceptors (Lipinski definition) is 3. The quantitative estimate of drug-likeness (QED) is 0.610. The van der Waals surface area contributed by atoms with Gasteiger partial charge in [0.1, 0.15) is 17.2 Å². The Kier molecular flexibility index (Phi) is 4.16. The lowest BCUT2D eigenvalue weighted by atomic mass is 10.1. The molecule has 0 spiro atoms. The Balaban J connectivity index is 2.99. The van der Waals surface area contributed by atoms with Gasteiger partial charge in [0.15, 0.2) is 0 Å². The molecule has 1 aromatic rings. The summed E-state index contributed by atoms with van der Waals surface area (Å²) in [5, 5.41) is 11.4. The number of rotatable bonds is 1. The molecule has 0 aliphatic heterocycles. The first kappa shape index (κ1) is 16.1. The summed E-state index contributed by atoms with van der Waals surface area (Å²) in [5.41, 5.74) is -2.97. The van der Waals surface area contributed by atoms with Crippen LogP contribution >= 0.6 is 0 Å². The van der Waals surface area contributed by atoms with Gasteiger partial charge < -0.3 is 9.84 Å². The Bertz CT molecular complexity index is 521. The van der Waals surface area contributed by atoms with Crippen LogP contribution in [0.2, 0.25) is 0 Å². The van der Waals surface area contributed by atoms with Gasteiger partial charge in [-0.3, -0.25) is 5.32 Å². The molecule has 0 fully saturated rings. The van der Waals surface area contributed by atoms with Crippen LogP contribution in [0.15, 0.2) is 12.1 Å². The van der Waals surface area contributed by atoms with Crippen LogP contribution in [-0.2, 0) is 10.9 Å². The monoisotopic (exact) mass is 295 g/mol. The van der Waals surface area contributed by atoms with Crippen molar-refractivity contribution in [2.45, 2.75) is 32.5 Å². The van der Waals surface area contributed by atoms with Crippen LogP contribution in [0.3, 0.4) is 0 Å². The second kappa shape index (κ2) is 5.18. The SMILES string of the molecule is CC(C)(C)OC(=O)Nc1cc(F)c(C(F)(F)F)cc1O. The number of amides is 1. The smallest absolute Gasteiger partial charge is 0.419 e. The lowest BCUT2D eigenvalue weighted by Crippen LogP contribution is -2.27. The van der Waals surface area contributed by atoms with E-state index in [1.54, 1.807) is 20.8 Å². The van der Waals surface area contributed by atoms with Gasteiger partial charge in [0.25, 0.3) is 0 Å². The molecule has 2 N–H and O–H groups in total. The minimum absolute atomic E-state index is 0.196. The second-order valence-corrected chi connectivity index (χ2v) is 4.97. The van der Waals surface area contributed by atoms with Gasteiger partial charge in [-0.2, -0.15) is 13.2 Å². The van der Waals surface area contributed by atoms with Crippen molar-refractivity contribution in [1.82, 2.24) is 0 Å². The molecule has 0 aromatic heterocycles. The summed E-state index contributed by atoms with van der Waals surface area (Å²) in [4.78, 5) is 11.4. The fourth-order valence-electron chi connectivity index (χ4n) is 1.29. The molecule has 0 radical (unpaired) electrons. The van der Waals surface area contributed by atoms with Gasteiger partial charge in [-0.15, -0.1) is 0 Å². The molecule has 4 nitrogen and oxygen atoms in total. The highest BCUT2D eigenvalue weighted by atomic mass is 19.4. The van der Waals surface area contributed by atoms with E-state index in [-0.39, 0.29) is 6.07 Å². The molecule has 0 saturated heterocycles. The molecule has 0 aliphatic rings. The molecule has 1 rings (SSSR count). The second-order valence-electron chi connectivity index (χ2n) is 4.97. The summed E-state index contributed by atoms with van der Waals surface area (Å²) in [6.45, 7) is 4.71. The third-order valence-electron chi connectivity index (χ3n) is 2.03. The topological polar surface area (TPSA) is 58.6 Å². The average molecular weight is 295 g/mol. The maximum atomic E-state index is 13.3. The number of alkyl halides is 3. The Morgan fingerprint density at radius 2 is 1.80 bits per heavy atom. The molecule has 0 bridgehead atoms. The Hall–Kier alpha value is -1.99. The van der Waals surface area contributed by atoms with Gasteiger partial charge in [-0.05, 0) is 26.8 Å². The number of aromatic hydroxyl groups is 1. The fraction of sp³-hybridized carbons (Fsp3) is 0.417. The number of carbonyl (C=O) groups excluding carboxylic acids is 1. The first-order valence-electron chi connectivity index (χ1n) is 5.50. The highest BCUT2D eigenvalue weighted by Gasteiger charge is 2.35. The van der Waals surface area contributed by atoms with E-state index in [0.29, 0.717) is 6.07 Å². The highest BCUT2D eigenvalue weighted by Crippen LogP contribution is 2.36. The molecule has 0 aliphatic carbocycles. The Morgan fingerprint density at radius 1 is 1.25 bits per heavy atom. The van der Waals surface area contributed by atoms with Gasteiger partial charge in [-0.25, -0.2) is 9.18 Å². The van der Waals surface area contributed by atoms with Crippen LogP contribution in [0.25, 0.3) is 0 Å². The predicted octanol–water partition coefficient (Wildman–Crippen LogP) is 3.90. The fourth-order valence-corrected chi connectivity index (χ4v) is 1.29. The molecular formula is C12H13F4NO3. The molecule has 20 heavy (non-hydrogen) atoms. The standard InChI is InChI=1S/C12H13F4NO3/c1-11(2,3)20-10(19)17-8-5-7(13)6(4-9(8)18)12(14,15)16/h4-5,18H,1-3H3,(H,17,19).